The Labute approximate surface area is 271 Å². The van der Waals surface area contributed by atoms with Gasteiger partial charge in [-0.3, -0.25) is 0 Å². The molecule has 1 aromatic carbocycles. The van der Waals surface area contributed by atoms with Crippen molar-refractivity contribution in [1.82, 2.24) is 0 Å². The molecule has 2 unspecified atom stereocenters. The van der Waals surface area contributed by atoms with Crippen molar-refractivity contribution in [3.8, 4) is 0 Å². The van der Waals surface area contributed by atoms with Gasteiger partial charge in [-0.2, -0.15) is 39.5 Å². The van der Waals surface area contributed by atoms with Crippen molar-refractivity contribution in [2.75, 3.05) is 6.54 Å². The number of hydrogen-bond acceptors (Lipinski definition) is 3. The zero-order chi connectivity index (χ0) is 34.8. The third-order valence-electron chi connectivity index (χ3n) is 8.94. The van der Waals surface area contributed by atoms with Crippen molar-refractivity contribution >= 4 is 28.3 Å². The molecule has 13 heteroatoms. The van der Waals surface area contributed by atoms with Gasteiger partial charge in [-0.15, -0.1) is 11.8 Å². The second kappa shape index (κ2) is 14.3. The first-order valence-electron chi connectivity index (χ1n) is 15.6. The molecule has 0 bridgehead atoms. The van der Waals surface area contributed by atoms with Gasteiger partial charge in [0.1, 0.15) is 12.5 Å². The summed E-state index contributed by atoms with van der Waals surface area (Å²) in [6.07, 6.45) is 2.24. The van der Waals surface area contributed by atoms with Crippen LogP contribution in [0.4, 0.5) is 39.5 Å². The molecule has 258 valence electrons. The fourth-order valence-corrected chi connectivity index (χ4v) is 8.14. The zero-order valence-corrected chi connectivity index (χ0v) is 26.8. The number of carboxylic acid groups (broad SMARTS) is 1. The van der Waals surface area contributed by atoms with Crippen molar-refractivity contribution in [3.63, 3.8) is 0 Å². The van der Waals surface area contributed by atoms with Crippen LogP contribution in [-0.4, -0.2) is 29.1 Å². The van der Waals surface area contributed by atoms with Crippen LogP contribution in [0, 0.1) is 5.92 Å². The van der Waals surface area contributed by atoms with E-state index in [0.29, 0.717) is 4.91 Å². The lowest BCUT2D eigenvalue weighted by Crippen LogP contribution is -2.73. The Balaban J connectivity index is 0.000000644. The fraction of sp³-hybridized carbons (Fsp3) is 0.529. The summed E-state index contributed by atoms with van der Waals surface area (Å²) in [5.74, 6) is -2.91. The van der Waals surface area contributed by atoms with Crippen LogP contribution in [0.25, 0.3) is 4.91 Å². The van der Waals surface area contributed by atoms with Crippen LogP contribution in [0.2, 0.25) is 0 Å². The Morgan fingerprint density at radius 1 is 0.894 bits per heavy atom. The van der Waals surface area contributed by atoms with Gasteiger partial charge >= 0.3 is 18.5 Å². The highest BCUT2D eigenvalue weighted by atomic mass is 32.2. The number of benzene rings is 1. The average molecular weight is 694 g/mol. The van der Waals surface area contributed by atoms with E-state index in [1.807, 2.05) is 6.08 Å². The number of carbonyl (C=O) groups is 1. The molecule has 0 saturated heterocycles. The van der Waals surface area contributed by atoms with Crippen molar-refractivity contribution in [2.24, 2.45) is 5.92 Å². The summed E-state index contributed by atoms with van der Waals surface area (Å²) in [5.41, 5.74) is 3.50. The number of allylic oxidation sites excluding steroid dienone is 6. The predicted molar refractivity (Wildman–Crippen MR) is 161 cm³/mol. The second-order valence-corrected chi connectivity index (χ2v) is 13.8. The van der Waals surface area contributed by atoms with Gasteiger partial charge in [-0.25, -0.2) is 4.99 Å². The molecule has 1 fully saturated rings. The number of alkyl halides is 9. The first-order valence-corrected chi connectivity index (χ1v) is 16.4. The Morgan fingerprint density at radius 2 is 1.47 bits per heavy atom. The van der Waals surface area contributed by atoms with E-state index in [2.05, 4.69) is 31.0 Å². The Kier molecular flexibility index (Phi) is 11.2. The van der Waals surface area contributed by atoms with Crippen LogP contribution in [0.1, 0.15) is 94.7 Å². The van der Waals surface area contributed by atoms with Gasteiger partial charge in [0.15, 0.2) is 5.71 Å². The van der Waals surface area contributed by atoms with E-state index in [-0.39, 0.29) is 17.5 Å². The van der Waals surface area contributed by atoms with Crippen LogP contribution >= 0.6 is 11.8 Å². The minimum Gasteiger partial charge on any atom is -0.542 e. The molecular weight excluding hydrogens is 657 g/mol. The number of thioether (sulfide) groups is 1. The van der Waals surface area contributed by atoms with Gasteiger partial charge in [-0.1, -0.05) is 38.7 Å². The lowest BCUT2D eigenvalue weighted by atomic mass is 9.68. The minimum atomic E-state index is -5.19. The number of rotatable bonds is 8. The third kappa shape index (κ3) is 8.56. The van der Waals surface area contributed by atoms with Crippen LogP contribution in [0.3, 0.4) is 0 Å². The standard InChI is InChI=1S/C32H35F6NS.C2HF3O2/c1-3-4-5-6-7-8-14-39-23-12-13-26-24-10-9-11-25(24)28-19-29(40-30(28,2)27(26)18-23)20-15-21(31(33,34)35)17-22(16-20)32(36,37)38;3-2(4,5)1(6)7/h12-13,15-17,19,27H,3-11,14,18H2,1-2H3;(H,6,7). The van der Waals surface area contributed by atoms with Gasteiger partial charge in [0, 0.05) is 29.7 Å². The van der Waals surface area contributed by atoms with E-state index in [0.717, 1.165) is 62.1 Å². The van der Waals surface area contributed by atoms with Gasteiger partial charge < -0.3 is 9.90 Å². The maximum atomic E-state index is 13.6. The molecule has 0 aromatic heterocycles. The number of carboxylic acids is 1. The Morgan fingerprint density at radius 3 is 2.04 bits per heavy atom. The van der Waals surface area contributed by atoms with Gasteiger partial charge in [0.2, 0.25) is 0 Å². The van der Waals surface area contributed by atoms with Gasteiger partial charge in [0.05, 0.1) is 15.9 Å². The number of nitrogens with one attached hydrogen (secondary N) is 1. The fourth-order valence-electron chi connectivity index (χ4n) is 6.62. The van der Waals surface area contributed by atoms with E-state index in [1.165, 1.54) is 60.6 Å². The molecule has 1 heterocycles. The molecule has 0 radical (unpaired) electrons. The van der Waals surface area contributed by atoms with Crippen LogP contribution in [-0.2, 0) is 17.1 Å². The van der Waals surface area contributed by atoms with Crippen molar-refractivity contribution in [2.45, 2.75) is 101 Å². The van der Waals surface area contributed by atoms with E-state index >= 15 is 0 Å². The summed E-state index contributed by atoms with van der Waals surface area (Å²) in [5, 5.41) is 8.78. The monoisotopic (exact) mass is 693 g/mol. The number of aliphatic carboxylic acids is 1. The topological polar surface area (TPSA) is 54.1 Å². The maximum absolute atomic E-state index is 13.6. The van der Waals surface area contributed by atoms with Crippen molar-refractivity contribution < 1.29 is 54.4 Å². The quantitative estimate of drug-likeness (QED) is 0.221. The summed E-state index contributed by atoms with van der Waals surface area (Å²) in [6.45, 7) is 5.22. The molecule has 3 nitrogen and oxygen atoms in total. The molecule has 0 amide bonds. The summed E-state index contributed by atoms with van der Waals surface area (Å²) in [7, 11) is 0. The summed E-state index contributed by atoms with van der Waals surface area (Å²) >= 11 is 1.42. The minimum absolute atomic E-state index is 0.0197. The van der Waals surface area contributed by atoms with E-state index < -0.39 is 40.4 Å². The van der Waals surface area contributed by atoms with Crippen LogP contribution in [0.5, 0.6) is 0 Å². The highest BCUT2D eigenvalue weighted by Crippen LogP contribution is 2.63. The molecule has 0 spiro atoms. The number of unbranched alkanes of at least 4 members (excludes halogenated alkanes) is 5. The molecule has 4 aliphatic rings. The molecule has 5 rings (SSSR count). The molecule has 47 heavy (non-hydrogen) atoms. The number of carbonyl (C=O) groups excluding carboxylic acids is 1. The van der Waals surface area contributed by atoms with Crippen molar-refractivity contribution in [3.05, 3.63) is 75.4 Å². The number of halogens is 9. The summed E-state index contributed by atoms with van der Waals surface area (Å²) < 4.78 is 113. The zero-order valence-electron chi connectivity index (χ0n) is 25.9. The maximum Gasteiger partial charge on any atom is 0.430 e. The second-order valence-electron chi connectivity index (χ2n) is 12.3. The lowest BCUT2D eigenvalue weighted by molar-refractivity contribution is -0.458. The van der Waals surface area contributed by atoms with E-state index in [9.17, 15) is 39.5 Å². The molecule has 3 aliphatic carbocycles. The van der Waals surface area contributed by atoms with E-state index in [1.54, 1.807) is 0 Å². The third-order valence-corrected chi connectivity index (χ3v) is 10.4. The van der Waals surface area contributed by atoms with Crippen LogP contribution < -0.4 is 10.1 Å². The molecular formula is C34H36F9NO2S. The van der Waals surface area contributed by atoms with Gasteiger partial charge in [-0.05, 0) is 84.7 Å². The normalized spacial score (nSPS) is 23.3. The summed E-state index contributed by atoms with van der Waals surface area (Å²) in [4.78, 5) is 12.9. The largest absolute Gasteiger partial charge is 0.542 e. The molecule has 1 saturated carbocycles. The molecule has 1 N–H and O–H groups in total. The molecule has 1 aromatic rings. The first kappa shape index (κ1) is 36.9. The summed E-state index contributed by atoms with van der Waals surface area (Å²) in [6, 6.07) is 1.94. The van der Waals surface area contributed by atoms with Crippen molar-refractivity contribution in [1.29, 1.82) is 0 Å². The molecule has 1 aliphatic heterocycles. The number of hydrogen-bond donors (Lipinski definition) is 1. The average Bonchev–Trinajstić information content (AvgIpc) is 3.61. The number of fused-ring (bicyclic) bond motifs is 4. The highest BCUT2D eigenvalue weighted by Gasteiger charge is 2.51. The first-order chi connectivity index (χ1) is 21.9. The van der Waals surface area contributed by atoms with E-state index in [4.69, 9.17) is 9.90 Å². The smallest absolute Gasteiger partial charge is 0.430 e. The van der Waals surface area contributed by atoms with Gasteiger partial charge in [0.25, 0.3) is 0 Å². The lowest BCUT2D eigenvalue weighted by Gasteiger charge is -2.42. The Bertz CT molecular complexity index is 1480. The van der Waals surface area contributed by atoms with Crippen LogP contribution in [0.15, 0.2) is 58.7 Å². The predicted octanol–water partition coefficient (Wildman–Crippen LogP) is 8.12. The SMILES string of the molecule is CCCCCCCC[NH+]=C1C=CC2=C3CCCC3=C3C=C(c4cc(C(F)(F)F)cc(C(F)(F)F)c4)SC3(C)C2C1.O=C([O-])C(F)(F)F. The Hall–Kier alpha value is -2.96. The molecule has 2 atom stereocenters. The highest BCUT2D eigenvalue weighted by molar-refractivity contribution is 8.10.